The Balaban J connectivity index is 1.77. The summed E-state index contributed by atoms with van der Waals surface area (Å²) in [7, 11) is 0. The zero-order chi connectivity index (χ0) is 17.6. The lowest BCUT2D eigenvalue weighted by Gasteiger charge is -2.34. The number of benzene rings is 1. The molecule has 0 unspecified atom stereocenters. The SMILES string of the molecule is CCC(CC)C(=O)N1CCC[C@H](c2ccnc(-c3ccccc3)n2)C1. The third kappa shape index (κ3) is 4.06. The molecule has 0 bridgehead atoms. The molecular weight excluding hydrogens is 310 g/mol. The van der Waals surface area contributed by atoms with Gasteiger partial charge in [0.1, 0.15) is 0 Å². The van der Waals surface area contributed by atoms with E-state index in [4.69, 9.17) is 4.98 Å². The average Bonchev–Trinajstić information content (AvgIpc) is 2.70. The fourth-order valence-corrected chi connectivity index (χ4v) is 3.64. The van der Waals surface area contributed by atoms with Crippen molar-refractivity contribution in [1.82, 2.24) is 14.9 Å². The molecule has 1 saturated heterocycles. The van der Waals surface area contributed by atoms with Gasteiger partial charge >= 0.3 is 0 Å². The highest BCUT2D eigenvalue weighted by molar-refractivity contribution is 5.79. The molecule has 2 heterocycles. The van der Waals surface area contributed by atoms with Gasteiger partial charge in [-0.3, -0.25) is 4.79 Å². The quantitative estimate of drug-likeness (QED) is 0.818. The molecule has 1 aliphatic rings. The van der Waals surface area contributed by atoms with Crippen LogP contribution in [0.4, 0.5) is 0 Å². The van der Waals surface area contributed by atoms with E-state index in [1.807, 2.05) is 42.6 Å². The first kappa shape index (κ1) is 17.6. The van der Waals surface area contributed by atoms with Crippen molar-refractivity contribution >= 4 is 5.91 Å². The van der Waals surface area contributed by atoms with E-state index in [2.05, 4.69) is 23.7 Å². The Morgan fingerprint density at radius 1 is 1.20 bits per heavy atom. The first-order chi connectivity index (χ1) is 12.2. The second-order valence-electron chi connectivity index (χ2n) is 6.81. The van der Waals surface area contributed by atoms with Crippen molar-refractivity contribution in [3.63, 3.8) is 0 Å². The van der Waals surface area contributed by atoms with Crippen molar-refractivity contribution in [3.05, 3.63) is 48.3 Å². The minimum atomic E-state index is 0.157. The summed E-state index contributed by atoms with van der Waals surface area (Å²) in [6.45, 7) is 5.86. The highest BCUT2D eigenvalue weighted by Crippen LogP contribution is 2.28. The molecule has 1 aromatic carbocycles. The van der Waals surface area contributed by atoms with Crippen molar-refractivity contribution in [3.8, 4) is 11.4 Å². The molecule has 1 fully saturated rings. The van der Waals surface area contributed by atoms with Crippen LogP contribution >= 0.6 is 0 Å². The number of carbonyl (C=O) groups excluding carboxylic acids is 1. The van der Waals surface area contributed by atoms with Gasteiger partial charge in [0.05, 0.1) is 0 Å². The van der Waals surface area contributed by atoms with Crippen LogP contribution in [0.2, 0.25) is 0 Å². The van der Waals surface area contributed by atoms with E-state index in [9.17, 15) is 4.79 Å². The molecule has 1 atom stereocenters. The summed E-state index contributed by atoms with van der Waals surface area (Å²) >= 11 is 0. The van der Waals surface area contributed by atoms with Gasteiger partial charge in [0.25, 0.3) is 0 Å². The highest BCUT2D eigenvalue weighted by Gasteiger charge is 2.28. The predicted molar refractivity (Wildman–Crippen MR) is 100 cm³/mol. The monoisotopic (exact) mass is 337 g/mol. The van der Waals surface area contributed by atoms with Crippen molar-refractivity contribution < 1.29 is 4.79 Å². The number of rotatable bonds is 5. The maximum absolute atomic E-state index is 12.7. The molecule has 2 aromatic rings. The first-order valence-electron chi connectivity index (χ1n) is 9.40. The highest BCUT2D eigenvalue weighted by atomic mass is 16.2. The maximum Gasteiger partial charge on any atom is 0.225 e. The number of piperidine rings is 1. The van der Waals surface area contributed by atoms with E-state index < -0.39 is 0 Å². The van der Waals surface area contributed by atoms with Crippen LogP contribution < -0.4 is 0 Å². The average molecular weight is 337 g/mol. The Kier molecular flexibility index (Phi) is 5.79. The van der Waals surface area contributed by atoms with Gasteiger partial charge in [-0.25, -0.2) is 9.97 Å². The summed E-state index contributed by atoms with van der Waals surface area (Å²) in [5.74, 6) is 1.54. The van der Waals surface area contributed by atoms with E-state index in [-0.39, 0.29) is 5.92 Å². The van der Waals surface area contributed by atoms with E-state index in [0.29, 0.717) is 11.8 Å². The minimum Gasteiger partial charge on any atom is -0.342 e. The molecule has 3 rings (SSSR count). The molecule has 25 heavy (non-hydrogen) atoms. The molecule has 1 amide bonds. The molecule has 0 aliphatic carbocycles. The lowest BCUT2D eigenvalue weighted by molar-refractivity contribution is -0.137. The minimum absolute atomic E-state index is 0.157. The molecule has 4 nitrogen and oxygen atoms in total. The number of hydrogen-bond donors (Lipinski definition) is 0. The Bertz CT molecular complexity index is 697. The van der Waals surface area contributed by atoms with Crippen LogP contribution in [-0.4, -0.2) is 33.9 Å². The Hall–Kier alpha value is -2.23. The van der Waals surface area contributed by atoms with E-state index >= 15 is 0 Å². The topological polar surface area (TPSA) is 46.1 Å². The molecule has 0 spiro atoms. The molecule has 4 heteroatoms. The van der Waals surface area contributed by atoms with Gasteiger partial charge in [-0.15, -0.1) is 0 Å². The van der Waals surface area contributed by atoms with Gasteiger partial charge in [0.2, 0.25) is 5.91 Å². The number of amides is 1. The number of likely N-dealkylation sites (tertiary alicyclic amines) is 1. The molecule has 1 aliphatic heterocycles. The maximum atomic E-state index is 12.7. The third-order valence-electron chi connectivity index (χ3n) is 5.20. The summed E-state index contributed by atoms with van der Waals surface area (Å²) < 4.78 is 0. The predicted octanol–water partition coefficient (Wildman–Crippen LogP) is 4.29. The van der Waals surface area contributed by atoms with Gasteiger partial charge < -0.3 is 4.90 Å². The fourth-order valence-electron chi connectivity index (χ4n) is 3.64. The molecule has 0 saturated carbocycles. The van der Waals surface area contributed by atoms with Crippen LogP contribution in [0.1, 0.15) is 51.1 Å². The number of carbonyl (C=O) groups is 1. The van der Waals surface area contributed by atoms with Crippen molar-refractivity contribution in [2.24, 2.45) is 5.92 Å². The number of aromatic nitrogens is 2. The summed E-state index contributed by atoms with van der Waals surface area (Å²) in [4.78, 5) is 24.0. The Labute approximate surface area is 150 Å². The molecule has 1 aromatic heterocycles. The Morgan fingerprint density at radius 3 is 2.68 bits per heavy atom. The second-order valence-corrected chi connectivity index (χ2v) is 6.81. The molecule has 132 valence electrons. The molecule has 0 N–H and O–H groups in total. The lowest BCUT2D eigenvalue weighted by Crippen LogP contribution is -2.42. The smallest absolute Gasteiger partial charge is 0.225 e. The first-order valence-corrected chi connectivity index (χ1v) is 9.40. The molecular formula is C21H27N3O. The molecule has 0 radical (unpaired) electrons. The van der Waals surface area contributed by atoms with Crippen LogP contribution in [-0.2, 0) is 4.79 Å². The number of nitrogens with zero attached hydrogens (tertiary/aromatic N) is 3. The van der Waals surface area contributed by atoms with Gasteiger partial charge in [-0.1, -0.05) is 44.2 Å². The standard InChI is InChI=1S/C21H27N3O/c1-3-16(4-2)21(25)24-14-8-11-18(15-24)19-12-13-22-20(23-19)17-9-6-5-7-10-17/h5-7,9-10,12-13,16,18H,3-4,8,11,14-15H2,1-2H3/t18-/m0/s1. The van der Waals surface area contributed by atoms with Gasteiger partial charge in [0.15, 0.2) is 5.82 Å². The normalized spacial score (nSPS) is 17.7. The van der Waals surface area contributed by atoms with E-state index in [1.165, 1.54) is 0 Å². The van der Waals surface area contributed by atoms with Crippen LogP contribution in [0.25, 0.3) is 11.4 Å². The summed E-state index contributed by atoms with van der Waals surface area (Å²) in [5.41, 5.74) is 2.08. The van der Waals surface area contributed by atoms with Crippen LogP contribution in [0.5, 0.6) is 0 Å². The largest absolute Gasteiger partial charge is 0.342 e. The van der Waals surface area contributed by atoms with Crippen LogP contribution in [0, 0.1) is 5.92 Å². The third-order valence-corrected chi connectivity index (χ3v) is 5.20. The lowest BCUT2D eigenvalue weighted by atomic mass is 9.92. The van der Waals surface area contributed by atoms with Gasteiger partial charge in [-0.2, -0.15) is 0 Å². The zero-order valence-corrected chi connectivity index (χ0v) is 15.2. The van der Waals surface area contributed by atoms with E-state index in [1.54, 1.807) is 0 Å². The number of hydrogen-bond acceptors (Lipinski definition) is 3. The summed E-state index contributed by atoms with van der Waals surface area (Å²) in [6, 6.07) is 12.1. The summed E-state index contributed by atoms with van der Waals surface area (Å²) in [6.07, 6.45) is 5.80. The summed E-state index contributed by atoms with van der Waals surface area (Å²) in [5, 5.41) is 0. The van der Waals surface area contributed by atoms with Crippen molar-refractivity contribution in [2.45, 2.75) is 45.4 Å². The van der Waals surface area contributed by atoms with Gasteiger partial charge in [0, 0.05) is 42.4 Å². The zero-order valence-electron chi connectivity index (χ0n) is 15.2. The van der Waals surface area contributed by atoms with Crippen molar-refractivity contribution in [2.75, 3.05) is 13.1 Å². The second kappa shape index (κ2) is 8.24. The fraction of sp³-hybridized carbons (Fsp3) is 0.476. The van der Waals surface area contributed by atoms with Gasteiger partial charge in [-0.05, 0) is 31.7 Å². The van der Waals surface area contributed by atoms with Crippen molar-refractivity contribution in [1.29, 1.82) is 0 Å². The van der Waals surface area contributed by atoms with Crippen LogP contribution in [0.3, 0.4) is 0 Å². The Morgan fingerprint density at radius 2 is 1.96 bits per heavy atom. The van der Waals surface area contributed by atoms with Crippen LogP contribution in [0.15, 0.2) is 42.6 Å². The van der Waals surface area contributed by atoms with E-state index in [0.717, 1.165) is 55.9 Å².